The van der Waals surface area contributed by atoms with Crippen LogP contribution in [0.25, 0.3) is 0 Å². The number of carbonyl (C=O) groups is 1. The van der Waals surface area contributed by atoms with Crippen LogP contribution in [0.4, 0.5) is 5.00 Å². The van der Waals surface area contributed by atoms with E-state index in [1.165, 1.54) is 10.4 Å². The number of nitrogens with zero attached hydrogens (tertiary/aromatic N) is 1. The fraction of sp³-hybridized carbons (Fsp3) is 0.250. The van der Waals surface area contributed by atoms with Crippen LogP contribution >= 0.6 is 11.3 Å². The number of rotatable bonds is 5. The average molecular weight is 387 g/mol. The third kappa shape index (κ3) is 3.85. The number of hydrogen-bond acceptors (Lipinski definition) is 3. The van der Waals surface area contributed by atoms with Crippen molar-refractivity contribution in [1.82, 2.24) is 0 Å². The average Bonchev–Trinajstić information content (AvgIpc) is 3.10. The molecule has 3 aromatic rings. The number of benzene rings is 2. The number of aryl methyl sites for hydroxylation is 3. The Morgan fingerprint density at radius 2 is 1.75 bits per heavy atom. The molecular formula is C24H22N2OS. The van der Waals surface area contributed by atoms with Crippen molar-refractivity contribution in [2.45, 2.75) is 38.5 Å². The second kappa shape index (κ2) is 8.41. The van der Waals surface area contributed by atoms with Gasteiger partial charge in [-0.15, -0.1) is 11.3 Å². The Hall–Kier alpha value is -2.90. The number of anilines is 1. The lowest BCUT2D eigenvalue weighted by Crippen LogP contribution is -2.14. The first-order valence-corrected chi connectivity index (χ1v) is 10.6. The van der Waals surface area contributed by atoms with Crippen molar-refractivity contribution < 1.29 is 4.79 Å². The van der Waals surface area contributed by atoms with Crippen LogP contribution in [-0.2, 0) is 25.7 Å². The Labute approximate surface area is 169 Å². The number of thiophene rings is 1. The topological polar surface area (TPSA) is 52.9 Å². The van der Waals surface area contributed by atoms with E-state index in [4.69, 9.17) is 0 Å². The molecule has 0 aliphatic heterocycles. The molecule has 2 aromatic carbocycles. The molecule has 1 N–H and O–H groups in total. The zero-order valence-corrected chi connectivity index (χ0v) is 16.5. The number of nitrogens with one attached hydrogen (secondary N) is 1. The Kier molecular flexibility index (Phi) is 5.55. The monoisotopic (exact) mass is 386 g/mol. The summed E-state index contributed by atoms with van der Waals surface area (Å²) in [6.45, 7) is 0. The molecule has 140 valence electrons. The highest BCUT2D eigenvalue weighted by Crippen LogP contribution is 2.37. The number of carbonyl (C=O) groups excluding carboxylic acids is 1. The standard InChI is InChI=1S/C24H22N2OS/c25-16-21-20-12-6-7-13-22(20)28-24(21)26-23(27)19-11-5-4-10-18(19)15-14-17-8-2-1-3-9-17/h1-5,8-11H,6-7,12-15H2,(H,26,27). The van der Waals surface area contributed by atoms with Crippen molar-refractivity contribution in [1.29, 1.82) is 5.26 Å². The molecule has 1 amide bonds. The van der Waals surface area contributed by atoms with Crippen molar-refractivity contribution in [2.75, 3.05) is 5.32 Å². The van der Waals surface area contributed by atoms with Gasteiger partial charge >= 0.3 is 0 Å². The molecule has 0 unspecified atom stereocenters. The fourth-order valence-electron chi connectivity index (χ4n) is 3.83. The lowest BCUT2D eigenvalue weighted by molar-refractivity contribution is 0.102. The minimum absolute atomic E-state index is 0.126. The number of hydrogen-bond donors (Lipinski definition) is 1. The van der Waals surface area contributed by atoms with Crippen LogP contribution in [-0.4, -0.2) is 5.91 Å². The lowest BCUT2D eigenvalue weighted by Gasteiger charge is -2.10. The molecule has 0 saturated carbocycles. The molecule has 1 aliphatic rings. The molecule has 28 heavy (non-hydrogen) atoms. The van der Waals surface area contributed by atoms with E-state index in [2.05, 4.69) is 23.5 Å². The van der Waals surface area contributed by atoms with Gasteiger partial charge in [0.1, 0.15) is 11.1 Å². The molecule has 0 radical (unpaired) electrons. The SMILES string of the molecule is N#Cc1c(NC(=O)c2ccccc2CCc2ccccc2)sc2c1CCCC2. The highest BCUT2D eigenvalue weighted by Gasteiger charge is 2.22. The summed E-state index contributed by atoms with van der Waals surface area (Å²) in [5.41, 5.74) is 4.79. The van der Waals surface area contributed by atoms with Crippen LogP contribution in [0.2, 0.25) is 0 Å². The summed E-state index contributed by atoms with van der Waals surface area (Å²) in [6, 6.07) is 20.4. The smallest absolute Gasteiger partial charge is 0.256 e. The second-order valence-corrected chi connectivity index (χ2v) is 8.23. The zero-order chi connectivity index (χ0) is 19.3. The van der Waals surface area contributed by atoms with Gasteiger partial charge in [0.05, 0.1) is 5.56 Å². The first-order valence-electron chi connectivity index (χ1n) is 9.74. The summed E-state index contributed by atoms with van der Waals surface area (Å²) >= 11 is 1.57. The molecule has 4 rings (SSSR count). The summed E-state index contributed by atoms with van der Waals surface area (Å²) in [7, 11) is 0. The number of amides is 1. The molecule has 0 spiro atoms. The van der Waals surface area contributed by atoms with E-state index in [9.17, 15) is 10.1 Å². The molecule has 1 heterocycles. The van der Waals surface area contributed by atoms with Gasteiger partial charge in [-0.25, -0.2) is 0 Å². The Morgan fingerprint density at radius 3 is 2.57 bits per heavy atom. The molecule has 0 atom stereocenters. The minimum Gasteiger partial charge on any atom is -0.312 e. The molecular weight excluding hydrogens is 364 g/mol. The van der Waals surface area contributed by atoms with Crippen LogP contribution in [0.3, 0.4) is 0 Å². The zero-order valence-electron chi connectivity index (χ0n) is 15.7. The second-order valence-electron chi connectivity index (χ2n) is 7.12. The third-order valence-electron chi connectivity index (χ3n) is 5.30. The summed E-state index contributed by atoms with van der Waals surface area (Å²) in [5.74, 6) is -0.126. The maximum Gasteiger partial charge on any atom is 0.256 e. The van der Waals surface area contributed by atoms with E-state index in [0.29, 0.717) is 16.1 Å². The van der Waals surface area contributed by atoms with E-state index in [0.717, 1.165) is 49.7 Å². The first-order chi connectivity index (χ1) is 13.8. The summed E-state index contributed by atoms with van der Waals surface area (Å²) in [4.78, 5) is 14.3. The van der Waals surface area contributed by atoms with E-state index in [1.807, 2.05) is 42.5 Å². The maximum atomic E-state index is 13.0. The fourth-order valence-corrected chi connectivity index (χ4v) is 5.06. The lowest BCUT2D eigenvalue weighted by atomic mass is 9.96. The minimum atomic E-state index is -0.126. The van der Waals surface area contributed by atoms with Gasteiger partial charge in [0.2, 0.25) is 0 Å². The first kappa shape index (κ1) is 18.5. The van der Waals surface area contributed by atoms with Crippen LogP contribution in [0.15, 0.2) is 54.6 Å². The van der Waals surface area contributed by atoms with Crippen molar-refractivity contribution in [2.24, 2.45) is 0 Å². The summed E-state index contributed by atoms with van der Waals surface area (Å²) < 4.78 is 0. The van der Waals surface area contributed by atoms with Gasteiger partial charge < -0.3 is 5.32 Å². The van der Waals surface area contributed by atoms with Crippen LogP contribution < -0.4 is 5.32 Å². The molecule has 0 fully saturated rings. The van der Waals surface area contributed by atoms with Gasteiger partial charge in [0.15, 0.2) is 0 Å². The van der Waals surface area contributed by atoms with E-state index >= 15 is 0 Å². The number of nitriles is 1. The quantitative estimate of drug-likeness (QED) is 0.626. The van der Waals surface area contributed by atoms with Crippen LogP contribution in [0, 0.1) is 11.3 Å². The van der Waals surface area contributed by atoms with Crippen LogP contribution in [0.5, 0.6) is 0 Å². The van der Waals surface area contributed by atoms with Gasteiger partial charge in [-0.1, -0.05) is 48.5 Å². The predicted octanol–water partition coefficient (Wildman–Crippen LogP) is 5.54. The normalized spacial score (nSPS) is 12.8. The Bertz CT molecular complexity index is 1030. The van der Waals surface area contributed by atoms with Gasteiger partial charge in [0, 0.05) is 10.4 Å². The Morgan fingerprint density at radius 1 is 1.00 bits per heavy atom. The van der Waals surface area contributed by atoms with Crippen LogP contribution in [0.1, 0.15) is 50.3 Å². The van der Waals surface area contributed by atoms with E-state index in [-0.39, 0.29) is 5.91 Å². The van der Waals surface area contributed by atoms with Crippen molar-refractivity contribution in [3.05, 3.63) is 87.3 Å². The molecule has 1 aliphatic carbocycles. The van der Waals surface area contributed by atoms with Gasteiger partial charge in [-0.05, 0) is 61.3 Å². The van der Waals surface area contributed by atoms with E-state index < -0.39 is 0 Å². The van der Waals surface area contributed by atoms with Crippen molar-refractivity contribution >= 4 is 22.2 Å². The van der Waals surface area contributed by atoms with Gasteiger partial charge in [-0.3, -0.25) is 4.79 Å². The Balaban J connectivity index is 1.55. The van der Waals surface area contributed by atoms with Gasteiger partial charge in [-0.2, -0.15) is 5.26 Å². The van der Waals surface area contributed by atoms with Gasteiger partial charge in [0.25, 0.3) is 5.91 Å². The maximum absolute atomic E-state index is 13.0. The molecule has 0 bridgehead atoms. The number of fused-ring (bicyclic) bond motifs is 1. The molecule has 3 nitrogen and oxygen atoms in total. The van der Waals surface area contributed by atoms with Crippen molar-refractivity contribution in [3.8, 4) is 6.07 Å². The summed E-state index contributed by atoms with van der Waals surface area (Å²) in [6.07, 6.45) is 5.93. The highest BCUT2D eigenvalue weighted by molar-refractivity contribution is 7.16. The highest BCUT2D eigenvalue weighted by atomic mass is 32.1. The van der Waals surface area contributed by atoms with Crippen molar-refractivity contribution in [3.63, 3.8) is 0 Å². The largest absolute Gasteiger partial charge is 0.312 e. The predicted molar refractivity (Wildman–Crippen MR) is 114 cm³/mol. The summed E-state index contributed by atoms with van der Waals surface area (Å²) in [5, 5.41) is 13.4. The molecule has 1 aromatic heterocycles. The molecule has 0 saturated heterocycles. The molecule has 4 heteroatoms. The van der Waals surface area contributed by atoms with E-state index in [1.54, 1.807) is 11.3 Å². The third-order valence-corrected chi connectivity index (χ3v) is 6.51.